The van der Waals surface area contributed by atoms with Crippen LogP contribution in [-0.4, -0.2) is 13.5 Å². The smallest absolute Gasteiger partial charge is 0.497 e. The lowest BCUT2D eigenvalue weighted by Crippen LogP contribution is -2.42. The molecule has 3 nitrogen and oxygen atoms in total. The van der Waals surface area contributed by atoms with Gasteiger partial charge in [0.1, 0.15) is 11.5 Å². The minimum Gasteiger partial charge on any atom is -0.497 e. The number of methoxy groups -OCH3 is 1. The number of alkyl halides is 3. The van der Waals surface area contributed by atoms with Crippen LogP contribution in [0.25, 0.3) is 0 Å². The van der Waals surface area contributed by atoms with Crippen LogP contribution in [0.4, 0.5) is 18.9 Å². The van der Waals surface area contributed by atoms with E-state index in [9.17, 15) is 13.2 Å². The molecule has 0 saturated heterocycles. The lowest BCUT2D eigenvalue weighted by Gasteiger charge is -2.48. The van der Waals surface area contributed by atoms with Gasteiger partial charge in [0.05, 0.1) is 13.2 Å². The Morgan fingerprint density at radius 3 is 2.26 bits per heavy atom. The lowest BCUT2D eigenvalue weighted by atomic mass is 9.68. The van der Waals surface area contributed by atoms with Crippen LogP contribution in [0.3, 0.4) is 0 Å². The Morgan fingerprint density at radius 1 is 0.816 bits per heavy atom. The molecule has 0 aliphatic carbocycles. The second kappa shape index (κ2) is 10.4. The average molecular weight is 518 g/mol. The third-order valence-corrected chi connectivity index (χ3v) is 7.28. The first-order valence-corrected chi connectivity index (χ1v) is 12.6. The lowest BCUT2D eigenvalue weighted by molar-refractivity contribution is -0.274. The Kier molecular flexibility index (Phi) is 7.06. The van der Waals surface area contributed by atoms with Gasteiger partial charge in [-0.15, -0.1) is 13.2 Å². The molecule has 0 saturated carbocycles. The minimum absolute atomic E-state index is 0.169. The summed E-state index contributed by atoms with van der Waals surface area (Å²) in [5, 5.41) is 0. The Labute approximate surface area is 221 Å². The highest BCUT2D eigenvalue weighted by atomic mass is 19.4. The van der Waals surface area contributed by atoms with Crippen molar-refractivity contribution in [3.8, 4) is 11.5 Å². The van der Waals surface area contributed by atoms with Crippen LogP contribution in [0.15, 0.2) is 103 Å². The Balaban J connectivity index is 1.60. The van der Waals surface area contributed by atoms with Crippen molar-refractivity contribution in [3.63, 3.8) is 0 Å². The molecule has 0 unspecified atom stereocenters. The van der Waals surface area contributed by atoms with E-state index in [1.807, 2.05) is 42.5 Å². The summed E-state index contributed by atoms with van der Waals surface area (Å²) in [6.45, 7) is 2.87. The quantitative estimate of drug-likeness (QED) is 0.246. The first-order chi connectivity index (χ1) is 18.2. The highest BCUT2D eigenvalue weighted by molar-refractivity contribution is 5.62. The van der Waals surface area contributed by atoms with Crippen molar-refractivity contribution >= 4 is 5.69 Å². The predicted molar refractivity (Wildman–Crippen MR) is 144 cm³/mol. The first-order valence-electron chi connectivity index (χ1n) is 12.6. The molecule has 0 amide bonds. The summed E-state index contributed by atoms with van der Waals surface area (Å²) in [6, 6.07) is 32.8. The number of fused-ring (bicyclic) bond motifs is 1. The number of para-hydroxylation sites is 1. The summed E-state index contributed by atoms with van der Waals surface area (Å²) in [5.41, 5.74) is 5.09. The van der Waals surface area contributed by atoms with E-state index in [4.69, 9.17) is 4.74 Å². The Bertz CT molecular complexity index is 1390. The number of rotatable bonds is 7. The van der Waals surface area contributed by atoms with Crippen molar-refractivity contribution in [3.05, 3.63) is 125 Å². The van der Waals surface area contributed by atoms with E-state index in [1.165, 1.54) is 17.7 Å². The molecule has 0 aromatic heterocycles. The fraction of sp³-hybridized carbons (Fsp3) is 0.250. The molecule has 0 fully saturated rings. The van der Waals surface area contributed by atoms with Gasteiger partial charge in [-0.25, -0.2) is 0 Å². The summed E-state index contributed by atoms with van der Waals surface area (Å²) in [7, 11) is 1.66. The third kappa shape index (κ3) is 5.64. The van der Waals surface area contributed by atoms with Crippen LogP contribution in [0.5, 0.6) is 11.5 Å². The number of hydrogen-bond acceptors (Lipinski definition) is 3. The SMILES string of the molecule is COc1cccc(C[C@]2(C)C[C@@H](c3cccc(OC(F)(F)F)c3)N(Cc3ccccc3)c3ccccc32)c1. The molecule has 6 heteroatoms. The number of ether oxygens (including phenoxy) is 2. The second-order valence-electron chi connectivity index (χ2n) is 10.1. The van der Waals surface area contributed by atoms with Crippen molar-refractivity contribution in [2.75, 3.05) is 12.0 Å². The van der Waals surface area contributed by atoms with Crippen LogP contribution >= 0.6 is 0 Å². The number of benzene rings is 4. The van der Waals surface area contributed by atoms with Crippen LogP contribution in [0.2, 0.25) is 0 Å². The summed E-state index contributed by atoms with van der Waals surface area (Å²) in [4.78, 5) is 2.31. The second-order valence-corrected chi connectivity index (χ2v) is 10.1. The maximum Gasteiger partial charge on any atom is 0.573 e. The molecule has 1 aliphatic heterocycles. The van der Waals surface area contributed by atoms with Gasteiger partial charge in [-0.3, -0.25) is 0 Å². The van der Waals surface area contributed by atoms with Crippen LogP contribution in [0, 0.1) is 0 Å². The molecule has 4 aromatic carbocycles. The molecule has 196 valence electrons. The fourth-order valence-corrected chi connectivity index (χ4v) is 5.64. The normalized spacial score (nSPS) is 19.1. The molecule has 2 atom stereocenters. The molecule has 0 bridgehead atoms. The van der Waals surface area contributed by atoms with E-state index in [-0.39, 0.29) is 17.2 Å². The monoisotopic (exact) mass is 517 g/mol. The van der Waals surface area contributed by atoms with Crippen LogP contribution < -0.4 is 14.4 Å². The zero-order valence-corrected chi connectivity index (χ0v) is 21.4. The molecule has 5 rings (SSSR count). The molecule has 1 heterocycles. The topological polar surface area (TPSA) is 21.7 Å². The van der Waals surface area contributed by atoms with Crippen molar-refractivity contribution in [1.82, 2.24) is 0 Å². The van der Waals surface area contributed by atoms with Gasteiger partial charge in [-0.1, -0.05) is 79.7 Å². The molecule has 0 spiro atoms. The predicted octanol–water partition coefficient (Wildman–Crippen LogP) is 8.25. The van der Waals surface area contributed by atoms with Crippen LogP contribution in [0.1, 0.15) is 41.6 Å². The van der Waals surface area contributed by atoms with E-state index in [0.29, 0.717) is 13.0 Å². The summed E-state index contributed by atoms with van der Waals surface area (Å²) < 4.78 is 48.9. The number of halogens is 3. The zero-order chi connectivity index (χ0) is 26.8. The number of hydrogen-bond donors (Lipinski definition) is 0. The van der Waals surface area contributed by atoms with Gasteiger partial charge >= 0.3 is 6.36 Å². The highest BCUT2D eigenvalue weighted by Crippen LogP contribution is 2.50. The highest BCUT2D eigenvalue weighted by Gasteiger charge is 2.41. The van der Waals surface area contributed by atoms with Gasteiger partial charge in [-0.2, -0.15) is 0 Å². The van der Waals surface area contributed by atoms with Gasteiger partial charge in [0.25, 0.3) is 0 Å². The number of nitrogens with zero attached hydrogens (tertiary/aromatic N) is 1. The third-order valence-electron chi connectivity index (χ3n) is 7.28. The standard InChI is InChI=1S/C32H30F3NO2/c1-31(20-24-12-8-14-26(18-24)37-2)21-30(25-13-9-15-27(19-25)38-32(33,34)35)36(22-23-10-4-3-5-11-23)29-17-7-6-16-28(29)31/h3-19,30H,20-22H2,1-2H3/t30-,31+/m0/s1. The van der Waals surface area contributed by atoms with E-state index >= 15 is 0 Å². The van der Waals surface area contributed by atoms with Crippen molar-refractivity contribution in [2.45, 2.75) is 44.1 Å². The zero-order valence-electron chi connectivity index (χ0n) is 21.4. The first kappa shape index (κ1) is 25.7. The van der Waals surface area contributed by atoms with Gasteiger partial charge in [0.15, 0.2) is 0 Å². The molecule has 0 radical (unpaired) electrons. The Hall–Kier alpha value is -3.93. The van der Waals surface area contributed by atoms with Gasteiger partial charge in [0, 0.05) is 17.6 Å². The van der Waals surface area contributed by atoms with E-state index < -0.39 is 6.36 Å². The number of anilines is 1. The van der Waals surface area contributed by atoms with Crippen LogP contribution in [-0.2, 0) is 18.4 Å². The maximum atomic E-state index is 13.1. The molecule has 0 N–H and O–H groups in total. The summed E-state index contributed by atoms with van der Waals surface area (Å²) in [5.74, 6) is 0.595. The average Bonchev–Trinajstić information content (AvgIpc) is 2.90. The van der Waals surface area contributed by atoms with Crippen molar-refractivity contribution < 1.29 is 22.6 Å². The fourth-order valence-electron chi connectivity index (χ4n) is 5.64. The molecule has 4 aromatic rings. The van der Waals surface area contributed by atoms with E-state index in [0.717, 1.165) is 34.5 Å². The molecular formula is C32H30F3NO2. The molecule has 1 aliphatic rings. The largest absolute Gasteiger partial charge is 0.573 e. The van der Waals surface area contributed by atoms with E-state index in [1.54, 1.807) is 13.2 Å². The van der Waals surface area contributed by atoms with E-state index in [2.05, 4.69) is 59.0 Å². The van der Waals surface area contributed by atoms with Crippen molar-refractivity contribution in [1.29, 1.82) is 0 Å². The minimum atomic E-state index is -4.75. The van der Waals surface area contributed by atoms with Gasteiger partial charge in [-0.05, 0) is 65.4 Å². The maximum absolute atomic E-state index is 13.1. The van der Waals surface area contributed by atoms with Crippen molar-refractivity contribution in [2.24, 2.45) is 0 Å². The van der Waals surface area contributed by atoms with Gasteiger partial charge in [0.2, 0.25) is 0 Å². The molecular weight excluding hydrogens is 487 g/mol. The van der Waals surface area contributed by atoms with Gasteiger partial charge < -0.3 is 14.4 Å². The summed E-state index contributed by atoms with van der Waals surface area (Å²) >= 11 is 0. The molecule has 38 heavy (non-hydrogen) atoms. The Morgan fingerprint density at radius 2 is 1.50 bits per heavy atom. The summed E-state index contributed by atoms with van der Waals surface area (Å²) in [6.07, 6.45) is -3.28.